The van der Waals surface area contributed by atoms with E-state index in [0.717, 1.165) is 10.5 Å². The molecule has 158 valence electrons. The third kappa shape index (κ3) is 4.62. The Balaban J connectivity index is 2.25. The van der Waals surface area contributed by atoms with Crippen LogP contribution in [0.5, 0.6) is 11.5 Å². The second-order valence-electron chi connectivity index (χ2n) is 7.11. The summed E-state index contributed by atoms with van der Waals surface area (Å²) in [6.45, 7) is 8.06. The van der Waals surface area contributed by atoms with Gasteiger partial charge in [0, 0.05) is 5.69 Å². The molecule has 1 aromatic carbocycles. The number of Topliss-reactive ketones (excluding diaryl/α,β-unsaturated/α-hetero) is 1. The summed E-state index contributed by atoms with van der Waals surface area (Å²) in [7, 11) is 5.16. The van der Waals surface area contributed by atoms with Gasteiger partial charge in [-0.25, -0.2) is 4.79 Å². The Morgan fingerprint density at radius 1 is 1.17 bits per heavy atom. The van der Waals surface area contributed by atoms with Crippen LogP contribution in [0.2, 0.25) is 0 Å². The van der Waals surface area contributed by atoms with Gasteiger partial charge in [-0.2, -0.15) is 0 Å². The van der Waals surface area contributed by atoms with Crippen LogP contribution in [0.15, 0.2) is 18.2 Å². The number of carbonyl (C=O) groups is 2. The monoisotopic (exact) mass is 403 g/mol. The number of methoxy groups -OCH3 is 2. The topological polar surface area (TPSA) is 82.1 Å². The lowest BCUT2D eigenvalue weighted by Crippen LogP contribution is -3.12. The number of aromatic nitrogens is 1. The molecule has 7 nitrogen and oxygen atoms in total. The summed E-state index contributed by atoms with van der Waals surface area (Å²) in [5.74, 6) is 0.866. The highest BCUT2D eigenvalue weighted by molar-refractivity contribution is 6.03. The van der Waals surface area contributed by atoms with Gasteiger partial charge in [-0.15, -0.1) is 0 Å². The highest BCUT2D eigenvalue weighted by atomic mass is 16.5. The molecule has 0 aliphatic heterocycles. The number of ketones is 1. The van der Waals surface area contributed by atoms with Crippen molar-refractivity contribution in [3.63, 3.8) is 0 Å². The third-order valence-corrected chi connectivity index (χ3v) is 5.25. The van der Waals surface area contributed by atoms with E-state index in [1.54, 1.807) is 35.0 Å². The number of quaternary nitrogens is 1. The molecule has 0 aliphatic carbocycles. The van der Waals surface area contributed by atoms with Gasteiger partial charge in [0.2, 0.25) is 5.78 Å². The van der Waals surface area contributed by atoms with Gasteiger partial charge in [0.1, 0.15) is 6.54 Å². The van der Waals surface area contributed by atoms with Gasteiger partial charge < -0.3 is 24.1 Å². The van der Waals surface area contributed by atoms with E-state index in [4.69, 9.17) is 14.2 Å². The van der Waals surface area contributed by atoms with Gasteiger partial charge in [0.25, 0.3) is 0 Å². The summed E-state index contributed by atoms with van der Waals surface area (Å²) in [6.07, 6.45) is 0. The minimum Gasteiger partial charge on any atom is -0.493 e. The molecule has 0 bridgehead atoms. The molecule has 0 fully saturated rings. The molecule has 0 saturated carbocycles. The predicted octanol–water partition coefficient (Wildman–Crippen LogP) is 2.11. The van der Waals surface area contributed by atoms with Crippen molar-refractivity contribution < 1.29 is 28.7 Å². The van der Waals surface area contributed by atoms with E-state index >= 15 is 0 Å². The summed E-state index contributed by atoms with van der Waals surface area (Å²) in [6, 6.07) is 5.37. The summed E-state index contributed by atoms with van der Waals surface area (Å²) < 4.78 is 16.0. The van der Waals surface area contributed by atoms with Gasteiger partial charge in [-0.1, -0.05) is 6.07 Å². The Kier molecular flexibility index (Phi) is 7.45. The van der Waals surface area contributed by atoms with Gasteiger partial charge in [-0.3, -0.25) is 4.79 Å². The van der Waals surface area contributed by atoms with Crippen LogP contribution in [-0.2, 0) is 11.3 Å². The quantitative estimate of drug-likeness (QED) is 0.495. The standard InChI is InChI=1S/C22H30N2O5/c1-8-29-22(26)18-13(2)19(23-14(18)3)20(25)15(4)24(5)12-16-10-9-11-17(27-6)21(16)28-7/h9-11,15,23H,8,12H2,1-7H3/p+1/t15-/m0/s1. The van der Waals surface area contributed by atoms with Gasteiger partial charge in [0.15, 0.2) is 17.5 Å². The van der Waals surface area contributed by atoms with Crippen LogP contribution < -0.4 is 14.4 Å². The predicted molar refractivity (Wildman–Crippen MR) is 110 cm³/mol. The van der Waals surface area contributed by atoms with E-state index in [1.807, 2.05) is 32.2 Å². The second-order valence-corrected chi connectivity index (χ2v) is 7.11. The second kappa shape index (κ2) is 9.60. The van der Waals surface area contributed by atoms with Crippen molar-refractivity contribution in [1.82, 2.24) is 4.98 Å². The van der Waals surface area contributed by atoms with Gasteiger partial charge in [-0.05, 0) is 45.4 Å². The van der Waals surface area contributed by atoms with E-state index in [-0.39, 0.29) is 18.4 Å². The van der Waals surface area contributed by atoms with Crippen LogP contribution in [0.4, 0.5) is 0 Å². The first-order chi connectivity index (χ1) is 13.8. The Hall–Kier alpha value is -2.80. The van der Waals surface area contributed by atoms with Crippen molar-refractivity contribution in [1.29, 1.82) is 0 Å². The smallest absolute Gasteiger partial charge is 0.340 e. The molecule has 2 rings (SSSR count). The number of aryl methyl sites for hydroxylation is 1. The highest BCUT2D eigenvalue weighted by Gasteiger charge is 2.30. The van der Waals surface area contributed by atoms with Crippen LogP contribution in [0.1, 0.15) is 51.5 Å². The lowest BCUT2D eigenvalue weighted by atomic mass is 10.0. The first-order valence-electron chi connectivity index (χ1n) is 9.69. The van der Waals surface area contributed by atoms with Gasteiger partial charge in [0.05, 0.1) is 44.7 Å². The Morgan fingerprint density at radius 3 is 2.45 bits per heavy atom. The number of H-pyrrole nitrogens is 1. The highest BCUT2D eigenvalue weighted by Crippen LogP contribution is 2.30. The van der Waals surface area contributed by atoms with E-state index in [1.165, 1.54) is 0 Å². The first-order valence-corrected chi connectivity index (χ1v) is 9.69. The fraction of sp³-hybridized carbons (Fsp3) is 0.455. The molecule has 0 radical (unpaired) electrons. The number of para-hydroxylation sites is 1. The molecule has 29 heavy (non-hydrogen) atoms. The van der Waals surface area contributed by atoms with Crippen LogP contribution >= 0.6 is 0 Å². The molecule has 1 unspecified atom stereocenters. The Bertz CT molecular complexity index is 888. The lowest BCUT2D eigenvalue weighted by molar-refractivity contribution is -0.907. The molecule has 1 heterocycles. The van der Waals surface area contributed by atoms with Crippen LogP contribution in [0.3, 0.4) is 0 Å². The third-order valence-electron chi connectivity index (χ3n) is 5.25. The largest absolute Gasteiger partial charge is 0.493 e. The molecule has 0 saturated heterocycles. The fourth-order valence-corrected chi connectivity index (χ4v) is 3.49. The molecule has 2 N–H and O–H groups in total. The number of rotatable bonds is 9. The number of esters is 1. The van der Waals surface area contributed by atoms with E-state index in [0.29, 0.717) is 40.6 Å². The zero-order valence-electron chi connectivity index (χ0n) is 18.3. The van der Waals surface area contributed by atoms with Crippen molar-refractivity contribution >= 4 is 11.8 Å². The summed E-state index contributed by atoms with van der Waals surface area (Å²) in [5, 5.41) is 0. The number of hydrogen-bond donors (Lipinski definition) is 2. The number of carbonyl (C=O) groups excluding carboxylic acids is 2. The normalized spacial score (nSPS) is 12.9. The molecule has 0 aliphatic rings. The Morgan fingerprint density at radius 2 is 1.86 bits per heavy atom. The van der Waals surface area contributed by atoms with Gasteiger partial charge >= 0.3 is 5.97 Å². The van der Waals surface area contributed by atoms with Crippen molar-refractivity contribution in [2.45, 2.75) is 40.3 Å². The first kappa shape index (κ1) is 22.5. The van der Waals surface area contributed by atoms with E-state index in [9.17, 15) is 9.59 Å². The number of nitrogens with one attached hydrogen (secondary N) is 2. The van der Waals surface area contributed by atoms with Crippen LogP contribution in [0, 0.1) is 13.8 Å². The molecular weight excluding hydrogens is 372 g/mol. The number of ether oxygens (including phenoxy) is 3. The molecule has 1 aromatic heterocycles. The Labute approximate surface area is 172 Å². The van der Waals surface area contributed by atoms with Crippen molar-refractivity contribution in [3.8, 4) is 11.5 Å². The fourth-order valence-electron chi connectivity index (χ4n) is 3.49. The number of likely N-dealkylation sites (N-methyl/N-ethyl adjacent to an activating group) is 1. The maximum Gasteiger partial charge on any atom is 0.340 e. The number of hydrogen-bond acceptors (Lipinski definition) is 5. The van der Waals surface area contributed by atoms with Crippen molar-refractivity contribution in [2.24, 2.45) is 0 Å². The summed E-state index contributed by atoms with van der Waals surface area (Å²) in [4.78, 5) is 29.4. The minimum absolute atomic E-state index is 0.0551. The zero-order chi connectivity index (χ0) is 21.7. The molecule has 0 amide bonds. The lowest BCUT2D eigenvalue weighted by Gasteiger charge is -2.22. The molecule has 0 spiro atoms. The number of aromatic amines is 1. The maximum atomic E-state index is 13.2. The maximum absolute atomic E-state index is 13.2. The average molecular weight is 403 g/mol. The summed E-state index contributed by atoms with van der Waals surface area (Å²) in [5.41, 5.74) is 3.12. The average Bonchev–Trinajstić information content (AvgIpc) is 3.00. The minimum atomic E-state index is -0.410. The molecule has 7 heteroatoms. The molecular formula is C22H31N2O5+. The van der Waals surface area contributed by atoms with Crippen LogP contribution in [-0.4, -0.2) is 50.7 Å². The van der Waals surface area contributed by atoms with Crippen molar-refractivity contribution in [2.75, 3.05) is 27.9 Å². The summed E-state index contributed by atoms with van der Waals surface area (Å²) >= 11 is 0. The number of benzene rings is 1. The SMILES string of the molecule is CCOC(=O)c1c(C)[nH]c(C(=O)[C@H](C)[NH+](C)Cc2cccc(OC)c2OC)c1C. The zero-order valence-corrected chi connectivity index (χ0v) is 18.3. The molecule has 2 atom stereocenters. The van der Waals surface area contributed by atoms with E-state index in [2.05, 4.69) is 4.98 Å². The van der Waals surface area contributed by atoms with E-state index < -0.39 is 5.97 Å². The van der Waals surface area contributed by atoms with Crippen molar-refractivity contribution in [3.05, 3.63) is 46.3 Å². The van der Waals surface area contributed by atoms with Crippen LogP contribution in [0.25, 0.3) is 0 Å². The molecule has 2 aromatic rings.